The van der Waals surface area contributed by atoms with Crippen LogP contribution in [-0.2, 0) is 16.1 Å². The van der Waals surface area contributed by atoms with E-state index in [2.05, 4.69) is 4.98 Å². The van der Waals surface area contributed by atoms with Crippen molar-refractivity contribution in [3.63, 3.8) is 0 Å². The number of benzene rings is 1. The minimum atomic E-state index is -0.444. The predicted molar refractivity (Wildman–Crippen MR) is 115 cm³/mol. The van der Waals surface area contributed by atoms with Crippen LogP contribution in [0, 0.1) is 5.82 Å². The molecule has 0 radical (unpaired) electrons. The van der Waals surface area contributed by atoms with Gasteiger partial charge in [0.25, 0.3) is 0 Å². The topological polar surface area (TPSA) is 53.5 Å². The number of hydrogen-bond donors (Lipinski definition) is 0. The molecule has 0 bridgehead atoms. The van der Waals surface area contributed by atoms with E-state index in [4.69, 9.17) is 0 Å². The summed E-state index contributed by atoms with van der Waals surface area (Å²) in [5.41, 5.74) is 0.765. The summed E-state index contributed by atoms with van der Waals surface area (Å²) in [4.78, 5) is 33.1. The van der Waals surface area contributed by atoms with Gasteiger partial charge in [0, 0.05) is 25.3 Å². The van der Waals surface area contributed by atoms with Crippen molar-refractivity contribution in [2.75, 3.05) is 13.1 Å². The van der Waals surface area contributed by atoms with Crippen LogP contribution in [-0.4, -0.2) is 45.7 Å². The van der Waals surface area contributed by atoms with Crippen LogP contribution < -0.4 is 0 Å². The summed E-state index contributed by atoms with van der Waals surface area (Å²) in [6.07, 6.45) is 4.82. The minimum Gasteiger partial charge on any atom is -0.330 e. The van der Waals surface area contributed by atoms with Crippen molar-refractivity contribution in [1.82, 2.24) is 14.8 Å². The van der Waals surface area contributed by atoms with Crippen LogP contribution in [0.3, 0.4) is 0 Å². The summed E-state index contributed by atoms with van der Waals surface area (Å²) < 4.78 is 13.4. The molecule has 29 heavy (non-hydrogen) atoms. The van der Waals surface area contributed by atoms with Crippen molar-refractivity contribution < 1.29 is 14.0 Å². The van der Waals surface area contributed by atoms with E-state index in [9.17, 15) is 14.0 Å². The van der Waals surface area contributed by atoms with Crippen LogP contribution in [0.5, 0.6) is 0 Å². The van der Waals surface area contributed by atoms with Gasteiger partial charge < -0.3 is 9.80 Å². The van der Waals surface area contributed by atoms with E-state index in [-0.39, 0.29) is 11.9 Å². The molecule has 2 heterocycles. The number of amides is 2. The molecule has 5 nitrogen and oxygen atoms in total. The average molecular weight is 420 g/mol. The molecular weight excluding hydrogens is 389 g/mol. The first kappa shape index (κ1) is 23.0. The Hall–Kier alpha value is -2.28. The molecule has 4 rings (SSSR count). The number of halogens is 1. The number of carbonyl (C=O) groups is 2. The van der Waals surface area contributed by atoms with Gasteiger partial charge in [-0.3, -0.25) is 9.59 Å². The van der Waals surface area contributed by atoms with Gasteiger partial charge in [-0.05, 0) is 37.0 Å². The summed E-state index contributed by atoms with van der Waals surface area (Å²) >= 11 is 1.42. The fraction of sp³-hybridized carbons (Fsp3) is 0.500. The fourth-order valence-electron chi connectivity index (χ4n) is 3.21. The summed E-state index contributed by atoms with van der Waals surface area (Å²) in [5.74, 6) is -1.13. The maximum absolute atomic E-state index is 13.4. The van der Waals surface area contributed by atoms with Crippen molar-refractivity contribution in [1.29, 1.82) is 0 Å². The normalized spacial score (nSPS) is 16.4. The highest BCUT2D eigenvalue weighted by molar-refractivity contribution is 7.15. The Kier molecular flexibility index (Phi) is 8.76. The average Bonchev–Trinajstić information content (AvgIpc) is 3.18. The van der Waals surface area contributed by atoms with Crippen LogP contribution >= 0.6 is 11.3 Å². The molecule has 0 spiro atoms. The van der Waals surface area contributed by atoms with Gasteiger partial charge in [0.15, 0.2) is 0 Å². The van der Waals surface area contributed by atoms with Crippen molar-refractivity contribution in [2.24, 2.45) is 0 Å². The highest BCUT2D eigenvalue weighted by Crippen LogP contribution is 2.29. The van der Waals surface area contributed by atoms with Crippen molar-refractivity contribution in [3.8, 4) is 10.4 Å². The molecule has 1 aromatic carbocycles. The molecule has 0 atom stereocenters. The highest BCUT2D eigenvalue weighted by Gasteiger charge is 2.38. The number of thiazole rings is 1. The van der Waals surface area contributed by atoms with Crippen molar-refractivity contribution in [3.05, 3.63) is 41.3 Å². The first-order valence-corrected chi connectivity index (χ1v) is 11.2. The van der Waals surface area contributed by atoms with E-state index in [1.807, 2.05) is 33.8 Å². The molecule has 158 valence electrons. The van der Waals surface area contributed by atoms with Gasteiger partial charge in [0.1, 0.15) is 10.8 Å². The minimum absolute atomic E-state index is 0.248. The van der Waals surface area contributed by atoms with Gasteiger partial charge in [0.05, 0.1) is 11.4 Å². The molecule has 1 aliphatic carbocycles. The lowest BCUT2D eigenvalue weighted by Crippen LogP contribution is -2.58. The molecule has 1 saturated carbocycles. The quantitative estimate of drug-likeness (QED) is 0.674. The number of piperazine rings is 1. The zero-order chi connectivity index (χ0) is 21.4. The molecule has 2 aromatic rings. The maximum atomic E-state index is 13.4. The summed E-state index contributed by atoms with van der Waals surface area (Å²) in [6.45, 7) is 9.45. The van der Waals surface area contributed by atoms with Crippen LogP contribution in [0.15, 0.2) is 30.5 Å². The number of hydrogen-bond acceptors (Lipinski definition) is 4. The third kappa shape index (κ3) is 5.41. The summed E-state index contributed by atoms with van der Waals surface area (Å²) in [6, 6.07) is 6.59. The van der Waals surface area contributed by atoms with Gasteiger partial charge >= 0.3 is 11.8 Å². The monoisotopic (exact) mass is 419 g/mol. The molecular formula is C22H30FN3O2S. The van der Waals surface area contributed by atoms with E-state index >= 15 is 0 Å². The standard InChI is InChI=1S/C18H18FN3O2S.2C2H6/c19-13-4-1-3-12(9-13)15-10-20-16(25-15)11-21-7-8-22(14-5-2-6-14)18(24)17(21)23;2*1-2/h1,3-4,9-10,14H,2,5-8,11H2;2*1-2H3. The molecule has 0 N–H and O–H groups in total. The highest BCUT2D eigenvalue weighted by atomic mass is 32.1. The third-order valence-corrected chi connectivity index (χ3v) is 5.88. The lowest BCUT2D eigenvalue weighted by molar-refractivity contribution is -0.159. The van der Waals surface area contributed by atoms with E-state index in [0.717, 1.165) is 34.7 Å². The number of aromatic nitrogens is 1. The lowest BCUT2D eigenvalue weighted by Gasteiger charge is -2.41. The van der Waals surface area contributed by atoms with Gasteiger partial charge in [-0.2, -0.15) is 0 Å². The molecule has 7 heteroatoms. The molecule has 1 aliphatic heterocycles. The van der Waals surface area contributed by atoms with Crippen LogP contribution in [0.4, 0.5) is 4.39 Å². The van der Waals surface area contributed by atoms with Crippen molar-refractivity contribution in [2.45, 2.75) is 59.5 Å². The van der Waals surface area contributed by atoms with Crippen molar-refractivity contribution >= 4 is 23.2 Å². The lowest BCUT2D eigenvalue weighted by atomic mass is 9.91. The van der Waals surface area contributed by atoms with Gasteiger partial charge in [0.2, 0.25) is 0 Å². The second kappa shape index (κ2) is 11.0. The second-order valence-electron chi connectivity index (χ2n) is 6.44. The Morgan fingerprint density at radius 1 is 1.10 bits per heavy atom. The molecule has 0 unspecified atom stereocenters. The number of rotatable bonds is 4. The van der Waals surface area contributed by atoms with Crippen LogP contribution in [0.1, 0.15) is 52.0 Å². The second-order valence-corrected chi connectivity index (χ2v) is 7.55. The number of carbonyl (C=O) groups excluding carboxylic acids is 2. The summed E-state index contributed by atoms with van der Waals surface area (Å²) in [5, 5.41) is 0.748. The van der Waals surface area contributed by atoms with Gasteiger partial charge in [-0.25, -0.2) is 9.37 Å². The molecule has 2 aliphatic rings. The maximum Gasteiger partial charge on any atom is 0.312 e. The Bertz CT molecular complexity index is 820. The van der Waals surface area contributed by atoms with Gasteiger partial charge in [-0.15, -0.1) is 11.3 Å². The first-order chi connectivity index (χ1) is 14.1. The van der Waals surface area contributed by atoms with Crippen LogP contribution in [0.25, 0.3) is 10.4 Å². The van der Waals surface area contributed by atoms with Gasteiger partial charge in [-0.1, -0.05) is 39.8 Å². The Balaban J connectivity index is 0.000000707. The third-order valence-electron chi connectivity index (χ3n) is 4.85. The Morgan fingerprint density at radius 3 is 2.45 bits per heavy atom. The zero-order valence-corrected chi connectivity index (χ0v) is 18.5. The molecule has 1 aromatic heterocycles. The number of nitrogens with zero attached hydrogens (tertiary/aromatic N) is 3. The van der Waals surface area contributed by atoms with Crippen LogP contribution in [0.2, 0.25) is 0 Å². The summed E-state index contributed by atoms with van der Waals surface area (Å²) in [7, 11) is 0. The van der Waals surface area contributed by atoms with E-state index < -0.39 is 11.8 Å². The van der Waals surface area contributed by atoms with E-state index in [1.54, 1.807) is 22.1 Å². The predicted octanol–water partition coefficient (Wildman–Crippen LogP) is 4.72. The Labute approximate surface area is 176 Å². The largest absolute Gasteiger partial charge is 0.330 e. The smallest absolute Gasteiger partial charge is 0.312 e. The fourth-order valence-corrected chi connectivity index (χ4v) is 4.14. The Morgan fingerprint density at radius 2 is 1.83 bits per heavy atom. The first-order valence-electron chi connectivity index (χ1n) is 10.4. The van der Waals surface area contributed by atoms with E-state index in [1.165, 1.54) is 23.5 Å². The molecule has 2 fully saturated rings. The zero-order valence-electron chi connectivity index (χ0n) is 17.7. The van der Waals surface area contributed by atoms with E-state index in [0.29, 0.717) is 19.6 Å². The molecule has 1 saturated heterocycles. The molecule has 2 amide bonds. The SMILES string of the molecule is CC.CC.O=C1C(=O)N(C2CCC2)CCN1Cc1ncc(-c2cccc(F)c2)s1.